The number of thiophene rings is 1. The third-order valence-electron chi connectivity index (χ3n) is 5.28. The lowest BCUT2D eigenvalue weighted by Crippen LogP contribution is -2.34. The van der Waals surface area contributed by atoms with Crippen molar-refractivity contribution in [3.8, 4) is 0 Å². The fourth-order valence-corrected chi connectivity index (χ4v) is 4.39. The van der Waals surface area contributed by atoms with Gasteiger partial charge in [0.25, 0.3) is 0 Å². The molecule has 6 nitrogen and oxygen atoms in total. The van der Waals surface area contributed by atoms with Crippen molar-refractivity contribution < 1.29 is 19.2 Å². The topological polar surface area (TPSA) is 83.6 Å². The van der Waals surface area contributed by atoms with Gasteiger partial charge >= 0.3 is 0 Å². The summed E-state index contributed by atoms with van der Waals surface area (Å²) in [6.45, 7) is 3.25. The van der Waals surface area contributed by atoms with Crippen LogP contribution in [0, 0.1) is 6.92 Å². The highest BCUT2D eigenvalue weighted by Crippen LogP contribution is 2.19. The molecule has 0 unspecified atom stereocenters. The average molecular weight is 441 g/mol. The molecule has 1 aromatic carbocycles. The molecule has 0 atom stereocenters. The van der Waals surface area contributed by atoms with Crippen molar-refractivity contribution in [1.29, 1.82) is 0 Å². The lowest BCUT2D eigenvalue weighted by Gasteiger charge is -2.26. The number of nitrogens with one attached hydrogen (secondary N) is 1. The quantitative estimate of drug-likeness (QED) is 0.551. The number of amides is 2. The Kier molecular flexibility index (Phi) is 8.12. The van der Waals surface area contributed by atoms with E-state index < -0.39 is 0 Å². The zero-order valence-electron chi connectivity index (χ0n) is 17.8. The van der Waals surface area contributed by atoms with Crippen LogP contribution in [-0.4, -0.2) is 34.8 Å². The van der Waals surface area contributed by atoms with E-state index in [0.29, 0.717) is 23.5 Å². The number of hydrogen-bond donors (Lipinski definition) is 1. The van der Waals surface area contributed by atoms with Gasteiger partial charge in [0.05, 0.1) is 4.88 Å². The molecule has 2 amide bonds. The third-order valence-corrected chi connectivity index (χ3v) is 6.32. The molecular weight excluding hydrogens is 412 g/mol. The van der Waals surface area contributed by atoms with Crippen LogP contribution in [0.25, 0.3) is 0 Å². The zero-order chi connectivity index (χ0) is 22.2. The first-order valence-electron chi connectivity index (χ1n) is 10.7. The number of anilines is 1. The maximum Gasteiger partial charge on any atom is 0.224 e. The number of rotatable bonds is 10. The van der Waals surface area contributed by atoms with E-state index in [9.17, 15) is 19.2 Å². The molecular formula is C24H28N2O4S. The van der Waals surface area contributed by atoms with Crippen molar-refractivity contribution in [1.82, 2.24) is 4.90 Å². The van der Waals surface area contributed by atoms with Gasteiger partial charge in [0.15, 0.2) is 5.78 Å². The van der Waals surface area contributed by atoms with Crippen molar-refractivity contribution in [3.63, 3.8) is 0 Å². The fraction of sp³-hybridized carbons (Fsp3) is 0.417. The van der Waals surface area contributed by atoms with Crippen molar-refractivity contribution in [2.45, 2.75) is 58.4 Å². The fourth-order valence-electron chi connectivity index (χ4n) is 3.56. The zero-order valence-corrected chi connectivity index (χ0v) is 18.6. The Bertz CT molecular complexity index is 966. The molecule has 0 bridgehead atoms. The standard InChI is InChI=1S/C24H28N2O4S/c1-17-8-12-22(31-17)21(28)11-9-20(27)10-13-23(29)25-19-6-4-5-18(15-19)16-26-14-3-2-7-24(26)30/h4-6,8,12,15H,2-3,7,9-11,13-14,16H2,1H3,(H,25,29). The molecule has 7 heteroatoms. The lowest BCUT2D eigenvalue weighted by atomic mass is 10.1. The predicted molar refractivity (Wildman–Crippen MR) is 121 cm³/mol. The molecule has 1 N–H and O–H groups in total. The summed E-state index contributed by atoms with van der Waals surface area (Å²) in [6, 6.07) is 11.1. The summed E-state index contributed by atoms with van der Waals surface area (Å²) in [4.78, 5) is 52.0. The minimum atomic E-state index is -0.236. The molecule has 0 saturated carbocycles. The van der Waals surface area contributed by atoms with Gasteiger partial charge in [-0.15, -0.1) is 11.3 Å². The van der Waals surface area contributed by atoms with Gasteiger partial charge < -0.3 is 10.2 Å². The number of nitrogens with zero attached hydrogens (tertiary/aromatic N) is 1. The smallest absolute Gasteiger partial charge is 0.224 e. The van der Waals surface area contributed by atoms with Crippen LogP contribution in [0.1, 0.15) is 65.1 Å². The van der Waals surface area contributed by atoms with Crippen LogP contribution in [-0.2, 0) is 20.9 Å². The van der Waals surface area contributed by atoms with E-state index in [2.05, 4.69) is 5.32 Å². The molecule has 2 aromatic rings. The Morgan fingerprint density at radius 3 is 2.58 bits per heavy atom. The van der Waals surface area contributed by atoms with E-state index in [4.69, 9.17) is 0 Å². The first-order valence-corrected chi connectivity index (χ1v) is 11.5. The van der Waals surface area contributed by atoms with Gasteiger partial charge in [0.1, 0.15) is 5.78 Å². The van der Waals surface area contributed by atoms with Crippen LogP contribution in [0.15, 0.2) is 36.4 Å². The molecule has 1 aliphatic rings. The number of piperidine rings is 1. The number of Topliss-reactive ketones (excluding diaryl/α,β-unsaturated/α-hetero) is 2. The van der Waals surface area contributed by atoms with E-state index in [0.717, 1.165) is 29.8 Å². The first-order chi connectivity index (χ1) is 14.9. The number of carbonyl (C=O) groups is 4. The Hall–Kier alpha value is -2.80. The molecule has 31 heavy (non-hydrogen) atoms. The minimum absolute atomic E-state index is 0.0279. The van der Waals surface area contributed by atoms with Gasteiger partial charge in [0.2, 0.25) is 11.8 Å². The molecule has 1 aromatic heterocycles. The van der Waals surface area contributed by atoms with Crippen LogP contribution in [0.5, 0.6) is 0 Å². The lowest BCUT2D eigenvalue weighted by molar-refractivity contribution is -0.133. The summed E-state index contributed by atoms with van der Waals surface area (Å²) in [7, 11) is 0. The van der Waals surface area contributed by atoms with Gasteiger partial charge in [-0.05, 0) is 49.6 Å². The highest BCUT2D eigenvalue weighted by molar-refractivity contribution is 7.14. The summed E-state index contributed by atoms with van der Waals surface area (Å²) in [5, 5.41) is 2.82. The number of carbonyl (C=O) groups excluding carboxylic acids is 4. The number of aryl methyl sites for hydroxylation is 1. The number of benzene rings is 1. The van der Waals surface area contributed by atoms with E-state index in [1.165, 1.54) is 11.3 Å². The molecule has 3 rings (SSSR count). The second-order valence-corrected chi connectivity index (χ2v) is 9.18. The van der Waals surface area contributed by atoms with E-state index in [1.54, 1.807) is 12.1 Å². The van der Waals surface area contributed by atoms with Gasteiger partial charge in [-0.3, -0.25) is 19.2 Å². The van der Waals surface area contributed by atoms with Crippen LogP contribution < -0.4 is 5.32 Å². The first kappa shape index (κ1) is 22.9. The normalized spacial score (nSPS) is 13.8. The molecule has 0 radical (unpaired) electrons. The molecule has 1 saturated heterocycles. The molecule has 1 fully saturated rings. The van der Waals surface area contributed by atoms with E-state index in [1.807, 2.05) is 36.1 Å². The molecule has 164 valence electrons. The van der Waals surface area contributed by atoms with Gasteiger partial charge in [0, 0.05) is 55.8 Å². The Morgan fingerprint density at radius 1 is 1.03 bits per heavy atom. The third kappa shape index (κ3) is 7.14. The number of ketones is 2. The Labute approximate surface area is 186 Å². The number of hydrogen-bond acceptors (Lipinski definition) is 5. The van der Waals surface area contributed by atoms with Crippen LogP contribution in [0.3, 0.4) is 0 Å². The van der Waals surface area contributed by atoms with E-state index in [-0.39, 0.29) is 49.1 Å². The SMILES string of the molecule is Cc1ccc(C(=O)CCC(=O)CCC(=O)Nc2cccc(CN3CCCCC3=O)c2)s1. The Morgan fingerprint density at radius 2 is 1.84 bits per heavy atom. The van der Waals surface area contributed by atoms with Crippen LogP contribution >= 0.6 is 11.3 Å². The maximum atomic E-state index is 12.2. The van der Waals surface area contributed by atoms with Gasteiger partial charge in [-0.1, -0.05) is 12.1 Å². The van der Waals surface area contributed by atoms with Crippen LogP contribution in [0.4, 0.5) is 5.69 Å². The van der Waals surface area contributed by atoms with Gasteiger partial charge in [-0.2, -0.15) is 0 Å². The molecule has 2 heterocycles. The van der Waals surface area contributed by atoms with Crippen molar-refractivity contribution in [2.24, 2.45) is 0 Å². The monoisotopic (exact) mass is 440 g/mol. The summed E-state index contributed by atoms with van der Waals surface area (Å²) >= 11 is 1.43. The summed E-state index contributed by atoms with van der Waals surface area (Å²) < 4.78 is 0. The molecule has 0 aliphatic carbocycles. The maximum absolute atomic E-state index is 12.2. The van der Waals surface area contributed by atoms with Crippen molar-refractivity contribution in [3.05, 3.63) is 51.7 Å². The highest BCUT2D eigenvalue weighted by atomic mass is 32.1. The highest BCUT2D eigenvalue weighted by Gasteiger charge is 2.18. The molecule has 1 aliphatic heterocycles. The summed E-state index contributed by atoms with van der Waals surface area (Å²) in [6.07, 6.45) is 3.11. The average Bonchev–Trinajstić information content (AvgIpc) is 3.19. The summed E-state index contributed by atoms with van der Waals surface area (Å²) in [5.74, 6) is -0.180. The molecule has 0 spiro atoms. The van der Waals surface area contributed by atoms with Crippen molar-refractivity contribution in [2.75, 3.05) is 11.9 Å². The summed E-state index contributed by atoms with van der Waals surface area (Å²) in [5.41, 5.74) is 1.62. The Balaban J connectivity index is 1.41. The second-order valence-electron chi connectivity index (χ2n) is 7.89. The second kappa shape index (κ2) is 11.0. The van der Waals surface area contributed by atoms with E-state index >= 15 is 0 Å². The largest absolute Gasteiger partial charge is 0.338 e. The van der Waals surface area contributed by atoms with Gasteiger partial charge in [-0.25, -0.2) is 0 Å². The predicted octanol–water partition coefficient (Wildman–Crippen LogP) is 4.52. The number of likely N-dealkylation sites (tertiary alicyclic amines) is 1. The van der Waals surface area contributed by atoms with Crippen LogP contribution in [0.2, 0.25) is 0 Å². The van der Waals surface area contributed by atoms with Crippen molar-refractivity contribution >= 4 is 40.4 Å². The minimum Gasteiger partial charge on any atom is -0.338 e.